The summed E-state index contributed by atoms with van der Waals surface area (Å²) < 4.78 is 0. The van der Waals surface area contributed by atoms with Gasteiger partial charge in [-0.25, -0.2) is 0 Å². The molecule has 1 N–H and O–H groups in total. The van der Waals surface area contributed by atoms with E-state index >= 15 is 0 Å². The van der Waals surface area contributed by atoms with E-state index in [4.69, 9.17) is 0 Å². The molecule has 0 radical (unpaired) electrons. The molecule has 0 saturated carbocycles. The summed E-state index contributed by atoms with van der Waals surface area (Å²) in [5.41, 5.74) is 1.49. The molecule has 1 rings (SSSR count). The van der Waals surface area contributed by atoms with Gasteiger partial charge in [-0.1, -0.05) is 26.7 Å². The zero-order valence-corrected chi connectivity index (χ0v) is 11.6. The highest BCUT2D eigenvalue weighted by atomic mass is 32.1. The first-order chi connectivity index (χ1) is 7.81. The fourth-order valence-corrected chi connectivity index (χ4v) is 3.14. The van der Waals surface area contributed by atoms with Crippen molar-refractivity contribution in [2.45, 2.75) is 52.0 Å². The van der Waals surface area contributed by atoms with Crippen LogP contribution in [0.3, 0.4) is 0 Å². The number of hydrogen-bond donors (Lipinski definition) is 1. The van der Waals surface area contributed by atoms with Crippen molar-refractivity contribution >= 4 is 11.3 Å². The third-order valence-electron chi connectivity index (χ3n) is 3.29. The fraction of sp³-hybridized carbons (Fsp3) is 0.714. The first-order valence-electron chi connectivity index (χ1n) is 6.50. The van der Waals surface area contributed by atoms with Gasteiger partial charge in [0.15, 0.2) is 0 Å². The summed E-state index contributed by atoms with van der Waals surface area (Å²) in [5, 5.41) is 7.97. The summed E-state index contributed by atoms with van der Waals surface area (Å²) in [6.45, 7) is 4.58. The molecule has 0 spiro atoms. The molecular weight excluding hydrogens is 214 g/mol. The third-order valence-corrected chi connectivity index (χ3v) is 4.03. The van der Waals surface area contributed by atoms with Crippen LogP contribution in [-0.4, -0.2) is 13.1 Å². The van der Waals surface area contributed by atoms with Crippen LogP contribution in [0, 0.1) is 5.92 Å². The number of nitrogens with one attached hydrogen (secondary N) is 1. The van der Waals surface area contributed by atoms with Crippen LogP contribution in [0.2, 0.25) is 0 Å². The second-order valence-corrected chi connectivity index (χ2v) is 5.35. The van der Waals surface area contributed by atoms with Gasteiger partial charge in [-0.15, -0.1) is 0 Å². The Kier molecular flexibility index (Phi) is 6.74. The highest BCUT2D eigenvalue weighted by Gasteiger charge is 2.18. The van der Waals surface area contributed by atoms with Gasteiger partial charge in [0, 0.05) is 6.04 Å². The fourth-order valence-electron chi connectivity index (χ4n) is 2.46. The van der Waals surface area contributed by atoms with Crippen LogP contribution < -0.4 is 5.32 Å². The van der Waals surface area contributed by atoms with Crippen LogP contribution in [0.1, 0.15) is 45.1 Å². The Balaban J connectivity index is 2.55. The van der Waals surface area contributed by atoms with Gasteiger partial charge in [0.1, 0.15) is 0 Å². The van der Waals surface area contributed by atoms with Crippen LogP contribution >= 0.6 is 11.3 Å². The molecule has 0 amide bonds. The summed E-state index contributed by atoms with van der Waals surface area (Å²) in [6.07, 6.45) is 6.48. The zero-order valence-electron chi connectivity index (χ0n) is 10.8. The van der Waals surface area contributed by atoms with Crippen molar-refractivity contribution in [1.29, 1.82) is 0 Å². The number of rotatable bonds is 8. The standard InChI is InChI=1S/C14H25NS/c1-4-6-13(7-5-2)14(15-3)10-12-8-9-16-11-12/h8-9,11,13-15H,4-7,10H2,1-3H3. The quantitative estimate of drug-likeness (QED) is 0.720. The van der Waals surface area contributed by atoms with E-state index in [1.165, 1.54) is 37.7 Å². The molecule has 1 unspecified atom stereocenters. The minimum Gasteiger partial charge on any atom is -0.316 e. The topological polar surface area (TPSA) is 12.0 Å². The molecule has 0 fully saturated rings. The minimum atomic E-state index is 0.648. The van der Waals surface area contributed by atoms with Crippen LogP contribution in [0.4, 0.5) is 0 Å². The molecule has 0 bridgehead atoms. The van der Waals surface area contributed by atoms with Crippen molar-refractivity contribution in [2.75, 3.05) is 7.05 Å². The molecular formula is C14H25NS. The summed E-state index contributed by atoms with van der Waals surface area (Å²) in [7, 11) is 2.11. The smallest absolute Gasteiger partial charge is 0.0133 e. The summed E-state index contributed by atoms with van der Waals surface area (Å²) in [4.78, 5) is 0. The molecule has 2 heteroatoms. The average molecular weight is 239 g/mol. The predicted molar refractivity (Wildman–Crippen MR) is 74.2 cm³/mol. The van der Waals surface area contributed by atoms with Gasteiger partial charge in [0.05, 0.1) is 0 Å². The highest BCUT2D eigenvalue weighted by molar-refractivity contribution is 7.07. The molecule has 0 aromatic carbocycles. The number of hydrogen-bond acceptors (Lipinski definition) is 2. The van der Waals surface area contributed by atoms with E-state index in [1.807, 2.05) is 0 Å². The molecule has 1 nitrogen and oxygen atoms in total. The second-order valence-electron chi connectivity index (χ2n) is 4.57. The van der Waals surface area contributed by atoms with Crippen LogP contribution in [0.15, 0.2) is 16.8 Å². The van der Waals surface area contributed by atoms with Gasteiger partial charge < -0.3 is 5.32 Å². The van der Waals surface area contributed by atoms with Gasteiger partial charge in [0.25, 0.3) is 0 Å². The first kappa shape index (κ1) is 13.7. The van der Waals surface area contributed by atoms with Gasteiger partial charge in [-0.05, 0) is 54.6 Å². The maximum Gasteiger partial charge on any atom is 0.0133 e. The minimum absolute atomic E-state index is 0.648. The normalized spacial score (nSPS) is 13.2. The Hall–Kier alpha value is -0.340. The zero-order chi connectivity index (χ0) is 11.8. The summed E-state index contributed by atoms with van der Waals surface area (Å²) >= 11 is 1.80. The Morgan fingerprint density at radius 3 is 2.38 bits per heavy atom. The number of likely N-dealkylation sites (N-methyl/N-ethyl adjacent to an activating group) is 1. The molecule has 0 aliphatic heterocycles. The van der Waals surface area contributed by atoms with E-state index in [0.717, 1.165) is 5.92 Å². The third kappa shape index (κ3) is 4.26. The Morgan fingerprint density at radius 2 is 1.94 bits per heavy atom. The summed E-state index contributed by atoms with van der Waals surface area (Å²) in [6, 6.07) is 2.90. The van der Waals surface area contributed by atoms with Crippen molar-refractivity contribution in [3.63, 3.8) is 0 Å². The molecule has 16 heavy (non-hydrogen) atoms. The van der Waals surface area contributed by atoms with Crippen LogP contribution in [0.5, 0.6) is 0 Å². The lowest BCUT2D eigenvalue weighted by molar-refractivity contribution is 0.323. The van der Waals surface area contributed by atoms with Gasteiger partial charge in [-0.3, -0.25) is 0 Å². The van der Waals surface area contributed by atoms with Gasteiger partial charge in [-0.2, -0.15) is 11.3 Å². The lowest BCUT2D eigenvalue weighted by atomic mass is 9.87. The van der Waals surface area contributed by atoms with Crippen LogP contribution in [0.25, 0.3) is 0 Å². The van der Waals surface area contributed by atoms with E-state index in [9.17, 15) is 0 Å². The van der Waals surface area contributed by atoms with E-state index < -0.39 is 0 Å². The molecule has 1 heterocycles. The molecule has 1 atom stereocenters. The largest absolute Gasteiger partial charge is 0.316 e. The number of thiophene rings is 1. The molecule has 0 aliphatic rings. The van der Waals surface area contributed by atoms with Crippen molar-refractivity contribution in [2.24, 2.45) is 5.92 Å². The Bertz CT molecular complexity index is 250. The van der Waals surface area contributed by atoms with Gasteiger partial charge >= 0.3 is 0 Å². The SMILES string of the molecule is CCCC(CCC)C(Cc1ccsc1)NC. The van der Waals surface area contributed by atoms with E-state index in [0.29, 0.717) is 6.04 Å². The van der Waals surface area contributed by atoms with Crippen molar-refractivity contribution < 1.29 is 0 Å². The highest BCUT2D eigenvalue weighted by Crippen LogP contribution is 2.21. The summed E-state index contributed by atoms with van der Waals surface area (Å²) in [5.74, 6) is 0.833. The van der Waals surface area contributed by atoms with Crippen molar-refractivity contribution in [1.82, 2.24) is 5.32 Å². The van der Waals surface area contributed by atoms with E-state index in [-0.39, 0.29) is 0 Å². The van der Waals surface area contributed by atoms with Crippen molar-refractivity contribution in [3.05, 3.63) is 22.4 Å². The predicted octanol–water partition coefficient (Wildman–Crippen LogP) is 4.10. The molecule has 0 aliphatic carbocycles. The monoisotopic (exact) mass is 239 g/mol. The van der Waals surface area contributed by atoms with Crippen molar-refractivity contribution in [3.8, 4) is 0 Å². The van der Waals surface area contributed by atoms with Gasteiger partial charge in [0.2, 0.25) is 0 Å². The van der Waals surface area contributed by atoms with Crippen LogP contribution in [-0.2, 0) is 6.42 Å². The van der Waals surface area contributed by atoms with E-state index in [2.05, 4.69) is 43.0 Å². The Morgan fingerprint density at radius 1 is 1.25 bits per heavy atom. The molecule has 0 saturated heterocycles. The van der Waals surface area contributed by atoms with E-state index in [1.54, 1.807) is 11.3 Å². The maximum atomic E-state index is 3.51. The molecule has 92 valence electrons. The second kappa shape index (κ2) is 7.86. The average Bonchev–Trinajstić information content (AvgIpc) is 2.78. The maximum absolute atomic E-state index is 3.51. The molecule has 1 aromatic rings. The first-order valence-corrected chi connectivity index (χ1v) is 7.44. The Labute approximate surface area is 104 Å². The lowest BCUT2D eigenvalue weighted by Gasteiger charge is -2.26. The molecule has 1 aromatic heterocycles. The lowest BCUT2D eigenvalue weighted by Crippen LogP contribution is -2.35.